The highest BCUT2D eigenvalue weighted by molar-refractivity contribution is 6.32. The third-order valence-electron chi connectivity index (χ3n) is 2.24. The highest BCUT2D eigenvalue weighted by atomic mass is 35.5. The van der Waals surface area contributed by atoms with Crippen LogP contribution in [0.2, 0.25) is 5.02 Å². The summed E-state index contributed by atoms with van der Waals surface area (Å²) in [6.07, 6.45) is 0.647. The SMILES string of the molecule is CC(C)(C#N)CCOc1cc(N)ccc1Cl. The zero-order valence-electron chi connectivity index (χ0n) is 9.46. The second-order valence-corrected chi connectivity index (χ2v) is 4.69. The minimum absolute atomic E-state index is 0.382. The van der Waals surface area contributed by atoms with Gasteiger partial charge in [-0.1, -0.05) is 11.6 Å². The predicted octanol–water partition coefficient (Wildman–Crippen LogP) is 3.24. The van der Waals surface area contributed by atoms with Gasteiger partial charge in [0.05, 0.1) is 23.1 Å². The molecule has 0 saturated carbocycles. The molecule has 1 aromatic rings. The van der Waals surface area contributed by atoms with E-state index in [2.05, 4.69) is 6.07 Å². The Morgan fingerprint density at radius 2 is 2.19 bits per heavy atom. The summed E-state index contributed by atoms with van der Waals surface area (Å²) in [4.78, 5) is 0. The highest BCUT2D eigenvalue weighted by Crippen LogP contribution is 2.27. The van der Waals surface area contributed by atoms with E-state index in [-0.39, 0.29) is 5.41 Å². The van der Waals surface area contributed by atoms with Crippen molar-refractivity contribution in [1.82, 2.24) is 0 Å². The van der Waals surface area contributed by atoms with E-state index in [1.165, 1.54) is 0 Å². The van der Waals surface area contributed by atoms with Gasteiger partial charge in [-0.15, -0.1) is 0 Å². The second-order valence-electron chi connectivity index (χ2n) is 4.28. The molecule has 0 fully saturated rings. The molecular formula is C12H15ClN2O. The Hall–Kier alpha value is -1.40. The Bertz CT molecular complexity index is 410. The van der Waals surface area contributed by atoms with E-state index in [1.54, 1.807) is 18.2 Å². The van der Waals surface area contributed by atoms with Crippen molar-refractivity contribution in [2.24, 2.45) is 5.41 Å². The molecule has 4 heteroatoms. The lowest BCUT2D eigenvalue weighted by molar-refractivity contribution is 0.264. The van der Waals surface area contributed by atoms with Crippen LogP contribution in [0.3, 0.4) is 0 Å². The third kappa shape index (κ3) is 3.63. The maximum atomic E-state index is 8.84. The second kappa shape index (κ2) is 5.09. The minimum atomic E-state index is -0.382. The Balaban J connectivity index is 2.56. The van der Waals surface area contributed by atoms with Gasteiger partial charge in [0.2, 0.25) is 0 Å². The molecule has 0 aliphatic carbocycles. The van der Waals surface area contributed by atoms with E-state index in [9.17, 15) is 0 Å². The minimum Gasteiger partial charge on any atom is -0.492 e. The van der Waals surface area contributed by atoms with Crippen LogP contribution in [0.4, 0.5) is 5.69 Å². The van der Waals surface area contributed by atoms with Crippen LogP contribution in [0.15, 0.2) is 18.2 Å². The highest BCUT2D eigenvalue weighted by Gasteiger charge is 2.16. The molecule has 0 amide bonds. The first-order valence-corrected chi connectivity index (χ1v) is 5.41. The number of nitrogens with two attached hydrogens (primary N) is 1. The van der Waals surface area contributed by atoms with E-state index >= 15 is 0 Å². The molecule has 0 aromatic heterocycles. The molecule has 0 saturated heterocycles. The van der Waals surface area contributed by atoms with E-state index in [4.69, 9.17) is 27.3 Å². The number of ether oxygens (including phenoxy) is 1. The first-order chi connectivity index (χ1) is 7.44. The fourth-order valence-corrected chi connectivity index (χ4v) is 1.27. The number of nitrogen functional groups attached to an aromatic ring is 1. The van der Waals surface area contributed by atoms with Gasteiger partial charge in [0, 0.05) is 11.8 Å². The first kappa shape index (κ1) is 12.7. The van der Waals surface area contributed by atoms with Gasteiger partial charge in [0.25, 0.3) is 0 Å². The van der Waals surface area contributed by atoms with Crippen molar-refractivity contribution in [3.63, 3.8) is 0 Å². The van der Waals surface area contributed by atoms with Crippen LogP contribution in [0.25, 0.3) is 0 Å². The molecule has 0 bridgehead atoms. The molecule has 1 aromatic carbocycles. The molecule has 2 N–H and O–H groups in total. The number of nitriles is 1. The molecule has 1 rings (SSSR count). The smallest absolute Gasteiger partial charge is 0.139 e. The van der Waals surface area contributed by atoms with E-state index < -0.39 is 0 Å². The maximum Gasteiger partial charge on any atom is 0.139 e. The lowest BCUT2D eigenvalue weighted by Crippen LogP contribution is -2.13. The fourth-order valence-electron chi connectivity index (χ4n) is 1.10. The number of rotatable bonds is 4. The van der Waals surface area contributed by atoms with Gasteiger partial charge in [-0.2, -0.15) is 5.26 Å². The Labute approximate surface area is 101 Å². The standard InChI is InChI=1S/C12H15ClN2O/c1-12(2,8-14)5-6-16-11-7-9(15)3-4-10(11)13/h3-4,7H,5-6,15H2,1-2H3. The fraction of sp³-hybridized carbons (Fsp3) is 0.417. The number of hydrogen-bond donors (Lipinski definition) is 1. The number of hydrogen-bond acceptors (Lipinski definition) is 3. The van der Waals surface area contributed by atoms with Crippen LogP contribution in [0.1, 0.15) is 20.3 Å². The molecule has 0 spiro atoms. The molecular weight excluding hydrogens is 224 g/mol. The van der Waals surface area contributed by atoms with Crippen molar-refractivity contribution in [1.29, 1.82) is 5.26 Å². The molecule has 0 atom stereocenters. The van der Waals surface area contributed by atoms with Crippen molar-refractivity contribution >= 4 is 17.3 Å². The van der Waals surface area contributed by atoms with E-state index in [0.29, 0.717) is 29.5 Å². The van der Waals surface area contributed by atoms with Gasteiger partial charge in [-0.05, 0) is 32.4 Å². The summed E-state index contributed by atoms with van der Waals surface area (Å²) in [7, 11) is 0. The summed E-state index contributed by atoms with van der Waals surface area (Å²) < 4.78 is 5.49. The predicted molar refractivity (Wildman–Crippen MR) is 65.4 cm³/mol. The maximum absolute atomic E-state index is 8.84. The van der Waals surface area contributed by atoms with Gasteiger partial charge in [-0.3, -0.25) is 0 Å². The van der Waals surface area contributed by atoms with Crippen LogP contribution >= 0.6 is 11.6 Å². The molecule has 0 heterocycles. The van der Waals surface area contributed by atoms with Crippen molar-refractivity contribution < 1.29 is 4.74 Å². The summed E-state index contributed by atoms with van der Waals surface area (Å²) >= 11 is 5.93. The lowest BCUT2D eigenvalue weighted by Gasteiger charge is -2.15. The lowest BCUT2D eigenvalue weighted by atomic mass is 9.92. The molecule has 0 radical (unpaired) electrons. The van der Waals surface area contributed by atoms with Gasteiger partial charge in [0.15, 0.2) is 0 Å². The zero-order chi connectivity index (χ0) is 12.2. The molecule has 16 heavy (non-hydrogen) atoms. The summed E-state index contributed by atoms with van der Waals surface area (Å²) in [5.74, 6) is 0.565. The number of halogens is 1. The van der Waals surface area contributed by atoms with Gasteiger partial charge < -0.3 is 10.5 Å². The third-order valence-corrected chi connectivity index (χ3v) is 2.55. The Morgan fingerprint density at radius 1 is 1.50 bits per heavy atom. The summed E-state index contributed by atoms with van der Waals surface area (Å²) in [6, 6.07) is 7.31. The number of nitrogens with zero attached hydrogens (tertiary/aromatic N) is 1. The van der Waals surface area contributed by atoms with Crippen LogP contribution in [-0.4, -0.2) is 6.61 Å². The molecule has 3 nitrogen and oxygen atoms in total. The summed E-state index contributed by atoms with van der Waals surface area (Å²) in [5, 5.41) is 9.37. The largest absolute Gasteiger partial charge is 0.492 e. The normalized spacial score (nSPS) is 10.9. The van der Waals surface area contributed by atoms with E-state index in [1.807, 2.05) is 13.8 Å². The first-order valence-electron chi connectivity index (χ1n) is 5.04. The van der Waals surface area contributed by atoms with Gasteiger partial charge in [-0.25, -0.2) is 0 Å². The average Bonchev–Trinajstić information content (AvgIpc) is 2.23. The van der Waals surface area contributed by atoms with E-state index in [0.717, 1.165) is 0 Å². The molecule has 0 unspecified atom stereocenters. The topological polar surface area (TPSA) is 59.0 Å². The van der Waals surface area contributed by atoms with Crippen molar-refractivity contribution in [3.05, 3.63) is 23.2 Å². The summed E-state index contributed by atoms with van der Waals surface area (Å²) in [5.41, 5.74) is 5.85. The van der Waals surface area contributed by atoms with Crippen molar-refractivity contribution in [2.75, 3.05) is 12.3 Å². The average molecular weight is 239 g/mol. The Kier molecular flexibility index (Phi) is 4.03. The Morgan fingerprint density at radius 3 is 2.81 bits per heavy atom. The molecule has 0 aliphatic rings. The monoisotopic (exact) mass is 238 g/mol. The quantitative estimate of drug-likeness (QED) is 0.820. The number of benzene rings is 1. The number of anilines is 1. The van der Waals surface area contributed by atoms with Crippen LogP contribution in [-0.2, 0) is 0 Å². The van der Waals surface area contributed by atoms with Gasteiger partial charge in [0.1, 0.15) is 5.75 Å². The van der Waals surface area contributed by atoms with Crippen molar-refractivity contribution in [2.45, 2.75) is 20.3 Å². The van der Waals surface area contributed by atoms with Crippen LogP contribution in [0.5, 0.6) is 5.75 Å². The molecule has 86 valence electrons. The van der Waals surface area contributed by atoms with Crippen LogP contribution < -0.4 is 10.5 Å². The van der Waals surface area contributed by atoms with Crippen LogP contribution in [0, 0.1) is 16.7 Å². The molecule has 0 aliphatic heterocycles. The summed E-state index contributed by atoms with van der Waals surface area (Å²) in [6.45, 7) is 4.19. The zero-order valence-corrected chi connectivity index (χ0v) is 10.2. The van der Waals surface area contributed by atoms with Gasteiger partial charge >= 0.3 is 0 Å². The van der Waals surface area contributed by atoms with Crippen molar-refractivity contribution in [3.8, 4) is 11.8 Å².